The highest BCUT2D eigenvalue weighted by molar-refractivity contribution is 8.03. The van der Waals surface area contributed by atoms with Crippen LogP contribution in [0.3, 0.4) is 0 Å². The molecule has 4 rings (SSSR count). The number of β-lactam (4-membered cyclic amide) rings is 1. The first-order chi connectivity index (χ1) is 15.3. The number of nitroso groups, excluding NO2 is 1. The molecule has 0 aliphatic carbocycles. The molecule has 2 aromatic heterocycles. The number of thioether (sulfide) groups is 1. The van der Waals surface area contributed by atoms with Gasteiger partial charge in [-0.15, -0.1) is 10.0 Å². The zero-order chi connectivity index (χ0) is 23.0. The molecule has 0 saturated carbocycles. The van der Waals surface area contributed by atoms with Gasteiger partial charge in [-0.25, -0.2) is 9.78 Å². The van der Waals surface area contributed by atoms with Gasteiger partial charge in [-0.1, -0.05) is 11.8 Å². The first kappa shape index (κ1) is 21.6. The van der Waals surface area contributed by atoms with Crippen molar-refractivity contribution in [2.45, 2.75) is 35.9 Å². The van der Waals surface area contributed by atoms with Crippen LogP contribution in [0, 0.1) is 4.91 Å². The third kappa shape index (κ3) is 3.84. The van der Waals surface area contributed by atoms with Crippen molar-refractivity contribution in [2.75, 3.05) is 11.5 Å². The maximum atomic E-state index is 12.8. The van der Waals surface area contributed by atoms with E-state index in [1.54, 1.807) is 6.07 Å². The molecule has 0 aromatic carbocycles. The second-order valence-electron chi connectivity index (χ2n) is 6.79. The van der Waals surface area contributed by atoms with Crippen LogP contribution < -0.4 is 16.8 Å². The van der Waals surface area contributed by atoms with Crippen LogP contribution in [0.2, 0.25) is 0 Å². The van der Waals surface area contributed by atoms with E-state index < -0.39 is 35.9 Å². The van der Waals surface area contributed by atoms with Crippen molar-refractivity contribution in [2.24, 2.45) is 5.18 Å². The predicted octanol–water partition coefficient (Wildman–Crippen LogP) is -0.122. The van der Waals surface area contributed by atoms with E-state index in [4.69, 9.17) is 11.5 Å². The van der Waals surface area contributed by atoms with Gasteiger partial charge in [0.05, 0.1) is 12.2 Å². The molecule has 14 nitrogen and oxygen atoms in total. The van der Waals surface area contributed by atoms with Crippen LogP contribution in [0.4, 0.5) is 10.9 Å². The normalized spacial score (nSPS) is 20.9. The molecule has 32 heavy (non-hydrogen) atoms. The standard InChI is InChI=1S/C16H15N9O5S2/c17-8-3-5(4-19-22-8)31-7-2-1-6-9(14(27)25(6)11(7)15(28)29)20-13(26)10(23-30)12-21-16(18)32-24-12/h3-4,6,9-10H,1-2H2,(H2,17,22)(H,20,26)(H,28,29)(H2,18,21,24)/t6?,9-,10?/m0/s1. The van der Waals surface area contributed by atoms with Crippen molar-refractivity contribution in [1.29, 1.82) is 0 Å². The van der Waals surface area contributed by atoms with Crippen molar-refractivity contribution in [3.63, 3.8) is 0 Å². The van der Waals surface area contributed by atoms with Gasteiger partial charge in [0.25, 0.3) is 11.8 Å². The van der Waals surface area contributed by atoms with Crippen molar-refractivity contribution >= 4 is 52.0 Å². The van der Waals surface area contributed by atoms with Crippen LogP contribution >= 0.6 is 23.3 Å². The smallest absolute Gasteiger partial charge is 0.353 e. The summed E-state index contributed by atoms with van der Waals surface area (Å²) in [7, 11) is 0. The van der Waals surface area contributed by atoms with Crippen LogP contribution in [0.15, 0.2) is 32.9 Å². The number of fused-ring (bicyclic) bond motifs is 1. The molecular weight excluding hydrogens is 462 g/mol. The SMILES string of the molecule is Nc1cc(SC2=C(C(=O)O)N3C(=O)[C@@H](NC(=O)C(N=O)c4nsc(N)n4)C3CC2)cnn1. The minimum absolute atomic E-state index is 0.0621. The van der Waals surface area contributed by atoms with Crippen molar-refractivity contribution in [3.8, 4) is 0 Å². The van der Waals surface area contributed by atoms with Gasteiger partial charge in [-0.3, -0.25) is 14.5 Å². The summed E-state index contributed by atoms with van der Waals surface area (Å²) in [6.07, 6.45) is 2.17. The molecule has 4 heterocycles. The number of carbonyl (C=O) groups excluding carboxylic acids is 2. The maximum Gasteiger partial charge on any atom is 0.353 e. The van der Waals surface area contributed by atoms with Crippen LogP contribution in [0.1, 0.15) is 24.7 Å². The van der Waals surface area contributed by atoms with E-state index in [0.29, 0.717) is 22.6 Å². The number of rotatable bonds is 7. The lowest BCUT2D eigenvalue weighted by molar-refractivity contribution is -0.156. The minimum atomic E-state index is -1.57. The van der Waals surface area contributed by atoms with Gasteiger partial charge in [0.2, 0.25) is 6.04 Å². The first-order valence-electron chi connectivity index (χ1n) is 9.07. The maximum absolute atomic E-state index is 12.8. The summed E-state index contributed by atoms with van der Waals surface area (Å²) in [4.78, 5) is 54.3. The number of nitrogens with zero attached hydrogens (tertiary/aromatic N) is 6. The first-order valence-corrected chi connectivity index (χ1v) is 10.7. The van der Waals surface area contributed by atoms with Crippen LogP contribution in [0.5, 0.6) is 0 Å². The van der Waals surface area contributed by atoms with Crippen molar-refractivity contribution in [3.05, 3.63) is 33.6 Å². The lowest BCUT2D eigenvalue weighted by atomic mass is 9.86. The highest BCUT2D eigenvalue weighted by Gasteiger charge is 2.54. The molecular formula is C16H15N9O5S2. The van der Waals surface area contributed by atoms with Gasteiger partial charge in [-0.2, -0.15) is 9.47 Å². The highest BCUT2D eigenvalue weighted by Crippen LogP contribution is 2.43. The highest BCUT2D eigenvalue weighted by atomic mass is 32.2. The molecule has 6 N–H and O–H groups in total. The number of nitrogens with one attached hydrogen (secondary N) is 1. The summed E-state index contributed by atoms with van der Waals surface area (Å²) in [5, 5.41) is 22.4. The van der Waals surface area contributed by atoms with Gasteiger partial charge >= 0.3 is 5.97 Å². The van der Waals surface area contributed by atoms with Crippen LogP contribution in [-0.2, 0) is 14.4 Å². The Morgan fingerprint density at radius 3 is 2.81 bits per heavy atom. The number of aromatic nitrogens is 4. The molecule has 3 atom stereocenters. The molecule has 0 bridgehead atoms. The molecule has 0 spiro atoms. The number of carboxylic acid groups (broad SMARTS) is 1. The average molecular weight is 477 g/mol. The molecule has 2 unspecified atom stereocenters. The Labute approximate surface area is 187 Å². The summed E-state index contributed by atoms with van der Waals surface area (Å²) in [5.41, 5.74) is 10.9. The third-order valence-electron chi connectivity index (χ3n) is 4.84. The number of nitrogen functional groups attached to an aromatic ring is 2. The number of carbonyl (C=O) groups is 3. The van der Waals surface area contributed by atoms with E-state index in [-0.39, 0.29) is 22.5 Å². The van der Waals surface area contributed by atoms with Gasteiger partial charge in [0.1, 0.15) is 17.6 Å². The number of hydrogen-bond acceptors (Lipinski definition) is 13. The molecule has 16 heteroatoms. The Bertz CT molecular complexity index is 1150. The summed E-state index contributed by atoms with van der Waals surface area (Å²) < 4.78 is 3.80. The van der Waals surface area contributed by atoms with Crippen molar-refractivity contribution < 1.29 is 19.5 Å². The molecule has 1 fully saturated rings. The van der Waals surface area contributed by atoms with Gasteiger partial charge in [-0.05, 0) is 24.1 Å². The topological polar surface area (TPSA) is 220 Å². The zero-order valence-electron chi connectivity index (χ0n) is 16.0. The molecule has 1 saturated heterocycles. The fourth-order valence-corrected chi connectivity index (χ4v) is 5.02. The number of nitrogens with two attached hydrogens (primary N) is 2. The lowest BCUT2D eigenvalue weighted by Gasteiger charge is -2.50. The number of hydrogen-bond donors (Lipinski definition) is 4. The largest absolute Gasteiger partial charge is 0.477 e. The minimum Gasteiger partial charge on any atom is -0.477 e. The fourth-order valence-electron chi connectivity index (χ4n) is 3.49. The summed E-state index contributed by atoms with van der Waals surface area (Å²) >= 11 is 1.93. The average Bonchev–Trinajstić information content (AvgIpc) is 3.17. The number of allylic oxidation sites excluding steroid dienone is 1. The summed E-state index contributed by atoms with van der Waals surface area (Å²) in [5.74, 6) is -2.74. The van der Waals surface area contributed by atoms with Gasteiger partial charge in [0.15, 0.2) is 11.0 Å². The second kappa shape index (κ2) is 8.46. The number of amides is 2. The number of aliphatic carboxylic acids is 1. The predicted molar refractivity (Wildman–Crippen MR) is 112 cm³/mol. The van der Waals surface area contributed by atoms with E-state index in [1.807, 2.05) is 0 Å². The number of carboxylic acids is 1. The monoisotopic (exact) mass is 477 g/mol. The Morgan fingerprint density at radius 1 is 1.41 bits per heavy atom. The van der Waals surface area contributed by atoms with E-state index in [2.05, 4.69) is 30.0 Å². The van der Waals surface area contributed by atoms with Gasteiger partial charge < -0.3 is 21.9 Å². The Hall–Kier alpha value is -3.66. The van der Waals surface area contributed by atoms with Crippen LogP contribution in [-0.4, -0.2) is 59.4 Å². The van der Waals surface area contributed by atoms with Gasteiger partial charge in [0, 0.05) is 21.3 Å². The molecule has 2 aromatic rings. The Balaban J connectivity index is 1.52. The molecule has 166 valence electrons. The molecule has 2 aliphatic heterocycles. The summed E-state index contributed by atoms with van der Waals surface area (Å²) in [6, 6.07) is -1.60. The van der Waals surface area contributed by atoms with E-state index in [1.165, 1.54) is 6.20 Å². The molecule has 2 aliphatic rings. The third-order valence-corrected chi connectivity index (χ3v) is 6.50. The van der Waals surface area contributed by atoms with E-state index >= 15 is 0 Å². The molecule has 0 radical (unpaired) electrons. The number of anilines is 2. The Kier molecular flexibility index (Phi) is 5.70. The lowest BCUT2D eigenvalue weighted by Crippen LogP contribution is -2.71. The summed E-state index contributed by atoms with van der Waals surface area (Å²) in [6.45, 7) is 0. The van der Waals surface area contributed by atoms with E-state index in [0.717, 1.165) is 28.2 Å². The van der Waals surface area contributed by atoms with Crippen molar-refractivity contribution in [1.82, 2.24) is 29.8 Å². The van der Waals surface area contributed by atoms with Crippen LogP contribution in [0.25, 0.3) is 0 Å². The zero-order valence-corrected chi connectivity index (χ0v) is 17.7. The second-order valence-corrected chi connectivity index (χ2v) is 8.75. The Morgan fingerprint density at radius 2 is 2.19 bits per heavy atom. The molecule has 2 amide bonds. The van der Waals surface area contributed by atoms with E-state index in [9.17, 15) is 24.4 Å². The quantitative estimate of drug-likeness (QED) is 0.303. The fraction of sp³-hybridized carbons (Fsp3) is 0.312.